The fourth-order valence-corrected chi connectivity index (χ4v) is 1.07. The molecule has 1 saturated heterocycles. The van der Waals surface area contributed by atoms with Crippen LogP contribution in [0, 0.1) is 0 Å². The molecule has 0 spiro atoms. The first-order valence-corrected chi connectivity index (χ1v) is 4.56. The zero-order chi connectivity index (χ0) is 10.8. The van der Waals surface area contributed by atoms with Crippen molar-refractivity contribution in [2.24, 2.45) is 0 Å². The normalized spacial score (nSPS) is 21.6. The molecule has 5 nitrogen and oxygen atoms in total. The average molecular weight is 201 g/mol. The van der Waals surface area contributed by atoms with Crippen molar-refractivity contribution in [2.45, 2.75) is 45.4 Å². The van der Waals surface area contributed by atoms with Gasteiger partial charge in [0.15, 0.2) is 6.23 Å². The standard InChI is InChI=1S/C9H15NO4/c1-9(2,3)14-8(12)10-6-4-5-7(11)13-6/h6H,4-5H2,1-3H3,(H,10,12)/t6-/m1/s1. The van der Waals surface area contributed by atoms with Gasteiger partial charge in [0.1, 0.15) is 5.60 Å². The Labute approximate surface area is 82.8 Å². The van der Waals surface area contributed by atoms with Gasteiger partial charge in [-0.05, 0) is 20.8 Å². The first-order chi connectivity index (χ1) is 6.37. The Morgan fingerprint density at radius 1 is 1.57 bits per heavy atom. The van der Waals surface area contributed by atoms with Crippen LogP contribution in [0.5, 0.6) is 0 Å². The van der Waals surface area contributed by atoms with E-state index in [1.54, 1.807) is 20.8 Å². The fourth-order valence-electron chi connectivity index (χ4n) is 1.07. The van der Waals surface area contributed by atoms with Gasteiger partial charge < -0.3 is 9.47 Å². The summed E-state index contributed by atoms with van der Waals surface area (Å²) >= 11 is 0. The summed E-state index contributed by atoms with van der Waals surface area (Å²) in [5, 5.41) is 2.46. The molecule has 1 N–H and O–H groups in total. The Bertz CT molecular complexity index is 244. The maximum atomic E-state index is 11.2. The van der Waals surface area contributed by atoms with Crippen molar-refractivity contribution < 1.29 is 19.1 Å². The van der Waals surface area contributed by atoms with E-state index in [2.05, 4.69) is 5.32 Å². The second kappa shape index (κ2) is 3.86. The molecule has 1 aliphatic heterocycles. The highest BCUT2D eigenvalue weighted by Crippen LogP contribution is 2.12. The van der Waals surface area contributed by atoms with Crippen LogP contribution in [-0.4, -0.2) is 23.9 Å². The van der Waals surface area contributed by atoms with Crippen LogP contribution >= 0.6 is 0 Å². The first-order valence-electron chi connectivity index (χ1n) is 4.56. The van der Waals surface area contributed by atoms with Crippen molar-refractivity contribution in [3.63, 3.8) is 0 Å². The summed E-state index contributed by atoms with van der Waals surface area (Å²) in [7, 11) is 0. The zero-order valence-electron chi connectivity index (χ0n) is 8.62. The molecule has 1 atom stereocenters. The van der Waals surface area contributed by atoms with Gasteiger partial charge in [-0.1, -0.05) is 0 Å². The summed E-state index contributed by atoms with van der Waals surface area (Å²) in [5.74, 6) is -0.286. The SMILES string of the molecule is CC(C)(C)OC(=O)N[C@H]1CCC(=O)O1. The molecule has 80 valence electrons. The molecule has 0 unspecified atom stereocenters. The van der Waals surface area contributed by atoms with Gasteiger partial charge in [-0.2, -0.15) is 0 Å². The van der Waals surface area contributed by atoms with E-state index in [4.69, 9.17) is 9.47 Å². The minimum absolute atomic E-state index is 0.286. The van der Waals surface area contributed by atoms with E-state index in [1.165, 1.54) is 0 Å². The van der Waals surface area contributed by atoms with Crippen molar-refractivity contribution in [1.82, 2.24) is 5.32 Å². The van der Waals surface area contributed by atoms with Crippen molar-refractivity contribution in [1.29, 1.82) is 0 Å². The maximum Gasteiger partial charge on any atom is 0.410 e. The van der Waals surface area contributed by atoms with Crippen LogP contribution in [0.3, 0.4) is 0 Å². The maximum absolute atomic E-state index is 11.2. The molecule has 0 radical (unpaired) electrons. The average Bonchev–Trinajstić information content (AvgIpc) is 2.30. The van der Waals surface area contributed by atoms with Crippen LogP contribution < -0.4 is 5.32 Å². The Hall–Kier alpha value is -1.26. The van der Waals surface area contributed by atoms with E-state index in [1.807, 2.05) is 0 Å². The largest absolute Gasteiger partial charge is 0.444 e. The number of hydrogen-bond acceptors (Lipinski definition) is 4. The molecule has 14 heavy (non-hydrogen) atoms. The molecule has 0 bridgehead atoms. The zero-order valence-corrected chi connectivity index (χ0v) is 8.62. The van der Waals surface area contributed by atoms with Gasteiger partial charge in [-0.25, -0.2) is 4.79 Å². The predicted octanol–water partition coefficient (Wildman–Crippen LogP) is 1.17. The molecule has 1 fully saturated rings. The predicted molar refractivity (Wildman–Crippen MR) is 48.5 cm³/mol. The number of cyclic esters (lactones) is 1. The lowest BCUT2D eigenvalue weighted by molar-refractivity contribution is -0.142. The Kier molecular flexibility index (Phi) is 2.98. The molecular formula is C9H15NO4. The number of nitrogens with one attached hydrogen (secondary N) is 1. The third kappa shape index (κ3) is 3.64. The minimum atomic E-state index is -0.558. The van der Waals surface area contributed by atoms with E-state index >= 15 is 0 Å². The molecule has 0 saturated carbocycles. The summed E-state index contributed by atoms with van der Waals surface area (Å²) in [4.78, 5) is 21.9. The van der Waals surface area contributed by atoms with Gasteiger partial charge in [0.25, 0.3) is 0 Å². The van der Waals surface area contributed by atoms with E-state index in [9.17, 15) is 9.59 Å². The van der Waals surface area contributed by atoms with Gasteiger partial charge in [-0.15, -0.1) is 0 Å². The van der Waals surface area contributed by atoms with Gasteiger partial charge >= 0.3 is 12.1 Å². The van der Waals surface area contributed by atoms with Gasteiger partial charge in [-0.3, -0.25) is 10.1 Å². The van der Waals surface area contributed by atoms with Crippen molar-refractivity contribution >= 4 is 12.1 Å². The third-order valence-electron chi connectivity index (χ3n) is 1.56. The molecular weight excluding hydrogens is 186 g/mol. The summed E-state index contributed by atoms with van der Waals surface area (Å²) in [6, 6.07) is 0. The van der Waals surface area contributed by atoms with E-state index in [0.717, 1.165) is 0 Å². The number of alkyl carbamates (subject to hydrolysis) is 1. The monoisotopic (exact) mass is 201 g/mol. The summed E-state index contributed by atoms with van der Waals surface area (Å²) in [6.45, 7) is 5.31. The Balaban J connectivity index is 2.31. The van der Waals surface area contributed by atoms with E-state index in [-0.39, 0.29) is 5.97 Å². The smallest absolute Gasteiger partial charge is 0.410 e. The number of rotatable bonds is 1. The Morgan fingerprint density at radius 3 is 2.64 bits per heavy atom. The number of carbonyl (C=O) groups is 2. The highest BCUT2D eigenvalue weighted by Gasteiger charge is 2.26. The summed E-state index contributed by atoms with van der Waals surface area (Å²) in [5.41, 5.74) is -0.535. The van der Waals surface area contributed by atoms with Gasteiger partial charge in [0.05, 0.1) is 6.42 Å². The van der Waals surface area contributed by atoms with Crippen LogP contribution in [0.4, 0.5) is 4.79 Å². The number of carbonyl (C=O) groups excluding carboxylic acids is 2. The number of hydrogen-bond donors (Lipinski definition) is 1. The lowest BCUT2D eigenvalue weighted by Crippen LogP contribution is -2.38. The van der Waals surface area contributed by atoms with Crippen LogP contribution in [0.1, 0.15) is 33.6 Å². The molecule has 1 aliphatic rings. The fraction of sp³-hybridized carbons (Fsp3) is 0.778. The quantitative estimate of drug-likeness (QED) is 0.647. The molecule has 0 aromatic carbocycles. The van der Waals surface area contributed by atoms with Gasteiger partial charge in [0.2, 0.25) is 0 Å². The first kappa shape index (κ1) is 10.8. The van der Waals surface area contributed by atoms with Crippen molar-refractivity contribution in [3.8, 4) is 0 Å². The van der Waals surface area contributed by atoms with Crippen molar-refractivity contribution in [3.05, 3.63) is 0 Å². The van der Waals surface area contributed by atoms with Crippen molar-refractivity contribution in [2.75, 3.05) is 0 Å². The molecule has 1 rings (SSSR count). The van der Waals surface area contributed by atoms with Crippen LogP contribution in [0.25, 0.3) is 0 Å². The van der Waals surface area contributed by atoms with Gasteiger partial charge in [0, 0.05) is 6.42 Å². The summed E-state index contributed by atoms with van der Waals surface area (Å²) in [6.07, 6.45) is -0.229. The lowest BCUT2D eigenvalue weighted by Gasteiger charge is -2.21. The second-order valence-corrected chi connectivity index (χ2v) is 4.16. The molecule has 0 aromatic heterocycles. The van der Waals surface area contributed by atoms with Crippen LogP contribution in [-0.2, 0) is 14.3 Å². The van der Waals surface area contributed by atoms with Crippen LogP contribution in [0.15, 0.2) is 0 Å². The highest BCUT2D eigenvalue weighted by atomic mass is 16.6. The summed E-state index contributed by atoms with van der Waals surface area (Å²) < 4.78 is 9.79. The Morgan fingerprint density at radius 2 is 2.21 bits per heavy atom. The van der Waals surface area contributed by atoms with E-state index in [0.29, 0.717) is 12.8 Å². The number of ether oxygens (including phenoxy) is 2. The molecule has 1 amide bonds. The molecule has 5 heteroatoms. The minimum Gasteiger partial charge on any atom is -0.444 e. The van der Waals surface area contributed by atoms with E-state index < -0.39 is 17.9 Å². The lowest BCUT2D eigenvalue weighted by atomic mass is 10.2. The second-order valence-electron chi connectivity index (χ2n) is 4.16. The molecule has 1 heterocycles. The third-order valence-corrected chi connectivity index (χ3v) is 1.56. The number of amides is 1. The number of esters is 1. The highest BCUT2D eigenvalue weighted by molar-refractivity contribution is 5.73. The molecule has 0 aromatic rings. The molecule has 0 aliphatic carbocycles. The topological polar surface area (TPSA) is 64.6 Å². The van der Waals surface area contributed by atoms with Crippen LogP contribution in [0.2, 0.25) is 0 Å².